The van der Waals surface area contributed by atoms with Crippen molar-refractivity contribution in [2.24, 2.45) is 5.92 Å². The molecule has 17 heavy (non-hydrogen) atoms. The monoisotopic (exact) mass is 236 g/mol. The van der Waals surface area contributed by atoms with E-state index in [0.29, 0.717) is 11.6 Å². The Labute approximate surface area is 106 Å². The van der Waals surface area contributed by atoms with Crippen LogP contribution in [0.15, 0.2) is 0 Å². The molecule has 98 valence electrons. The maximum absolute atomic E-state index is 3.72. The van der Waals surface area contributed by atoms with Gasteiger partial charge in [0.25, 0.3) is 0 Å². The van der Waals surface area contributed by atoms with Gasteiger partial charge in [-0.2, -0.15) is 0 Å². The molecule has 2 saturated carbocycles. The maximum atomic E-state index is 3.72. The van der Waals surface area contributed by atoms with Crippen LogP contribution in [0, 0.1) is 5.92 Å². The second-order valence-electron chi connectivity index (χ2n) is 6.86. The number of rotatable bonds is 2. The summed E-state index contributed by atoms with van der Waals surface area (Å²) in [6.45, 7) is 7.37. The van der Waals surface area contributed by atoms with Crippen LogP contribution in [0.5, 0.6) is 0 Å². The van der Waals surface area contributed by atoms with Crippen LogP contribution < -0.4 is 5.32 Å². The zero-order valence-electron chi connectivity index (χ0n) is 11.5. The number of piperazine rings is 1. The van der Waals surface area contributed by atoms with Crippen LogP contribution in [0.2, 0.25) is 0 Å². The van der Waals surface area contributed by atoms with Crippen molar-refractivity contribution in [3.8, 4) is 0 Å². The first-order valence-electron chi connectivity index (χ1n) is 7.70. The topological polar surface area (TPSA) is 15.3 Å². The van der Waals surface area contributed by atoms with Crippen LogP contribution in [-0.2, 0) is 0 Å². The summed E-state index contributed by atoms with van der Waals surface area (Å²) < 4.78 is 0. The van der Waals surface area contributed by atoms with E-state index in [9.17, 15) is 0 Å². The molecule has 2 aliphatic carbocycles. The highest BCUT2D eigenvalue weighted by molar-refractivity contribution is 5.06. The first-order chi connectivity index (χ1) is 8.20. The normalized spacial score (nSPS) is 41.6. The maximum Gasteiger partial charge on any atom is 0.0337 e. The predicted molar refractivity (Wildman–Crippen MR) is 72.2 cm³/mol. The van der Waals surface area contributed by atoms with Crippen LogP contribution in [0.4, 0.5) is 0 Å². The van der Waals surface area contributed by atoms with Crippen molar-refractivity contribution in [1.29, 1.82) is 0 Å². The Morgan fingerprint density at radius 1 is 1.06 bits per heavy atom. The van der Waals surface area contributed by atoms with Crippen molar-refractivity contribution in [2.75, 3.05) is 13.1 Å². The Morgan fingerprint density at radius 2 is 1.76 bits per heavy atom. The van der Waals surface area contributed by atoms with Crippen molar-refractivity contribution < 1.29 is 0 Å². The molecule has 2 atom stereocenters. The summed E-state index contributed by atoms with van der Waals surface area (Å²) in [5, 5.41) is 3.72. The molecule has 0 spiro atoms. The lowest BCUT2D eigenvalue weighted by Crippen LogP contribution is -2.66. The fourth-order valence-electron chi connectivity index (χ4n) is 4.09. The molecule has 2 unspecified atom stereocenters. The molecule has 1 heterocycles. The van der Waals surface area contributed by atoms with Gasteiger partial charge in [-0.1, -0.05) is 19.3 Å². The third-order valence-electron chi connectivity index (χ3n) is 5.41. The van der Waals surface area contributed by atoms with Crippen molar-refractivity contribution >= 4 is 0 Å². The summed E-state index contributed by atoms with van der Waals surface area (Å²) in [5.74, 6) is 0.976. The summed E-state index contributed by atoms with van der Waals surface area (Å²) in [6.07, 6.45) is 10.2. The minimum atomic E-state index is 0.467. The quantitative estimate of drug-likeness (QED) is 0.793. The van der Waals surface area contributed by atoms with Crippen LogP contribution in [0.3, 0.4) is 0 Å². The molecular weight excluding hydrogens is 208 g/mol. The van der Waals surface area contributed by atoms with E-state index in [4.69, 9.17) is 0 Å². The molecule has 0 amide bonds. The van der Waals surface area contributed by atoms with Gasteiger partial charge >= 0.3 is 0 Å². The van der Waals surface area contributed by atoms with Crippen LogP contribution in [-0.4, -0.2) is 35.6 Å². The molecule has 1 aliphatic heterocycles. The molecule has 0 radical (unpaired) electrons. The predicted octanol–water partition coefficient (Wildman–Crippen LogP) is 2.78. The van der Waals surface area contributed by atoms with Crippen LogP contribution >= 0.6 is 0 Å². The fourth-order valence-corrected chi connectivity index (χ4v) is 4.09. The van der Waals surface area contributed by atoms with E-state index >= 15 is 0 Å². The standard InChI is InChI=1S/C15H28N2/c1-12-10-17(14-6-4-3-5-7-14)15(2,11-16-12)13-8-9-13/h12-14,16H,3-11H2,1-2H3. The number of nitrogens with one attached hydrogen (secondary N) is 1. The van der Waals surface area contributed by atoms with Gasteiger partial charge in [0, 0.05) is 30.7 Å². The average molecular weight is 236 g/mol. The third-order valence-corrected chi connectivity index (χ3v) is 5.41. The minimum absolute atomic E-state index is 0.467. The zero-order valence-corrected chi connectivity index (χ0v) is 11.5. The molecule has 0 aromatic heterocycles. The number of nitrogens with zero attached hydrogens (tertiary/aromatic N) is 1. The van der Waals surface area contributed by atoms with Crippen molar-refractivity contribution in [3.63, 3.8) is 0 Å². The number of hydrogen-bond acceptors (Lipinski definition) is 2. The molecule has 0 aromatic carbocycles. The Bertz CT molecular complexity index is 268. The molecule has 1 N–H and O–H groups in total. The van der Waals surface area contributed by atoms with E-state index in [1.165, 1.54) is 58.0 Å². The second-order valence-corrected chi connectivity index (χ2v) is 6.86. The molecule has 2 nitrogen and oxygen atoms in total. The van der Waals surface area contributed by atoms with E-state index in [-0.39, 0.29) is 0 Å². The second kappa shape index (κ2) is 4.55. The van der Waals surface area contributed by atoms with Gasteiger partial charge < -0.3 is 5.32 Å². The summed E-state index contributed by atoms with van der Waals surface area (Å²) >= 11 is 0. The van der Waals surface area contributed by atoms with E-state index in [2.05, 4.69) is 24.1 Å². The summed E-state index contributed by atoms with van der Waals surface area (Å²) in [5.41, 5.74) is 0.467. The van der Waals surface area contributed by atoms with E-state index < -0.39 is 0 Å². The number of hydrogen-bond donors (Lipinski definition) is 1. The Hall–Kier alpha value is -0.0800. The zero-order chi connectivity index (χ0) is 11.9. The molecule has 3 aliphatic rings. The third kappa shape index (κ3) is 2.26. The highest BCUT2D eigenvalue weighted by Gasteiger charge is 2.49. The molecule has 3 rings (SSSR count). The fraction of sp³-hybridized carbons (Fsp3) is 1.00. The van der Waals surface area contributed by atoms with E-state index in [0.717, 1.165) is 12.0 Å². The SMILES string of the molecule is CC1CN(C2CCCCC2)C(C)(C2CC2)CN1. The largest absolute Gasteiger partial charge is 0.311 e. The summed E-state index contributed by atoms with van der Waals surface area (Å²) in [7, 11) is 0. The lowest BCUT2D eigenvalue weighted by Gasteiger charge is -2.52. The van der Waals surface area contributed by atoms with E-state index in [1.54, 1.807) is 0 Å². The molecule has 0 bridgehead atoms. The first-order valence-corrected chi connectivity index (χ1v) is 7.70. The van der Waals surface area contributed by atoms with E-state index in [1.807, 2.05) is 0 Å². The lowest BCUT2D eigenvalue weighted by molar-refractivity contribution is -0.0114. The average Bonchev–Trinajstić information content (AvgIpc) is 3.18. The van der Waals surface area contributed by atoms with Crippen molar-refractivity contribution in [3.05, 3.63) is 0 Å². The smallest absolute Gasteiger partial charge is 0.0337 e. The molecule has 2 heteroatoms. The van der Waals surface area contributed by atoms with Gasteiger partial charge in [-0.05, 0) is 45.4 Å². The first kappa shape index (κ1) is 12.0. The van der Waals surface area contributed by atoms with Gasteiger partial charge in [-0.25, -0.2) is 0 Å². The van der Waals surface area contributed by atoms with Crippen LogP contribution in [0.1, 0.15) is 58.8 Å². The molecule has 0 aromatic rings. The molecule has 3 fully saturated rings. The Balaban J connectivity index is 1.76. The molecular formula is C15H28N2. The van der Waals surface area contributed by atoms with Gasteiger partial charge in [0.1, 0.15) is 0 Å². The van der Waals surface area contributed by atoms with Crippen molar-refractivity contribution in [2.45, 2.75) is 76.4 Å². The van der Waals surface area contributed by atoms with Gasteiger partial charge in [-0.3, -0.25) is 4.90 Å². The molecule has 1 saturated heterocycles. The summed E-state index contributed by atoms with van der Waals surface area (Å²) in [6, 6.07) is 1.57. The highest BCUT2D eigenvalue weighted by atomic mass is 15.3. The Morgan fingerprint density at radius 3 is 2.41 bits per heavy atom. The van der Waals surface area contributed by atoms with Gasteiger partial charge in [-0.15, -0.1) is 0 Å². The van der Waals surface area contributed by atoms with Gasteiger partial charge in [0.05, 0.1) is 0 Å². The van der Waals surface area contributed by atoms with Crippen molar-refractivity contribution in [1.82, 2.24) is 10.2 Å². The minimum Gasteiger partial charge on any atom is -0.311 e. The lowest BCUT2D eigenvalue weighted by atomic mass is 9.84. The van der Waals surface area contributed by atoms with Gasteiger partial charge in [0.2, 0.25) is 0 Å². The van der Waals surface area contributed by atoms with Gasteiger partial charge in [0.15, 0.2) is 0 Å². The highest BCUT2D eigenvalue weighted by Crippen LogP contribution is 2.45. The Kier molecular flexibility index (Phi) is 3.20. The van der Waals surface area contributed by atoms with Crippen LogP contribution in [0.25, 0.3) is 0 Å². The summed E-state index contributed by atoms with van der Waals surface area (Å²) in [4.78, 5) is 2.91.